The molecule has 5 aromatic carbocycles. The zero-order valence-corrected chi connectivity index (χ0v) is 25.0. The molecular weight excluding hydrogens is 576 g/mol. The summed E-state index contributed by atoms with van der Waals surface area (Å²) in [6.07, 6.45) is 5.65. The van der Waals surface area contributed by atoms with Gasteiger partial charge in [0, 0.05) is 62.3 Å². The van der Waals surface area contributed by atoms with E-state index in [0.717, 1.165) is 60.9 Å². The van der Waals surface area contributed by atoms with Crippen LogP contribution >= 0.6 is 0 Å². The van der Waals surface area contributed by atoms with Crippen molar-refractivity contribution in [2.75, 3.05) is 0 Å². The Balaban J connectivity index is 1.43. The third-order valence-corrected chi connectivity index (χ3v) is 9.74. The Bertz CT molecular complexity index is 3060. The van der Waals surface area contributed by atoms with Crippen molar-refractivity contribution in [1.29, 1.82) is 0 Å². The van der Waals surface area contributed by atoms with E-state index in [2.05, 4.69) is 145 Å². The number of benzene rings is 5. The van der Waals surface area contributed by atoms with Crippen molar-refractivity contribution in [2.24, 2.45) is 0 Å². The van der Waals surface area contributed by atoms with Crippen molar-refractivity contribution in [3.05, 3.63) is 146 Å². The van der Waals surface area contributed by atoms with Crippen LogP contribution in [0.4, 0.5) is 0 Å². The molecule has 0 fully saturated rings. The number of nitrogens with zero attached hydrogens (tertiary/aromatic N) is 6. The van der Waals surface area contributed by atoms with E-state index in [0.29, 0.717) is 0 Å². The topological polar surface area (TPSA) is 52.9 Å². The first-order valence-corrected chi connectivity index (χ1v) is 15.8. The van der Waals surface area contributed by atoms with Gasteiger partial charge in [-0.25, -0.2) is 9.97 Å². The van der Waals surface area contributed by atoms with Crippen LogP contribution in [-0.4, -0.2) is 28.5 Å². The fraction of sp³-hybridized carbons (Fsp3) is 0. The lowest BCUT2D eigenvalue weighted by molar-refractivity contribution is 1.16. The van der Waals surface area contributed by atoms with Crippen LogP contribution < -0.4 is 0 Å². The molecule has 0 saturated carbocycles. The molecule has 0 unspecified atom stereocenters. The SMILES string of the molecule is c1ccc(-n2c3ccccc3c3cc4c5c6c(ccc5n(-c5ccccc5)c4cc32)c2cnccc2n2c3cccnc3nc62)cc1. The summed E-state index contributed by atoms with van der Waals surface area (Å²) in [7, 11) is 0. The van der Waals surface area contributed by atoms with Gasteiger partial charge < -0.3 is 9.13 Å². The first-order chi connectivity index (χ1) is 23.3. The lowest BCUT2D eigenvalue weighted by Gasteiger charge is -2.11. The molecule has 0 aliphatic rings. The van der Waals surface area contributed by atoms with Gasteiger partial charge in [-0.3, -0.25) is 9.38 Å². The van der Waals surface area contributed by atoms with E-state index >= 15 is 0 Å². The smallest absolute Gasteiger partial charge is 0.178 e. The number of hydrogen-bond donors (Lipinski definition) is 0. The third kappa shape index (κ3) is 3.21. The minimum absolute atomic E-state index is 0.732. The van der Waals surface area contributed by atoms with Crippen LogP contribution in [0.1, 0.15) is 0 Å². The van der Waals surface area contributed by atoms with Gasteiger partial charge in [-0.1, -0.05) is 60.7 Å². The molecule has 218 valence electrons. The van der Waals surface area contributed by atoms with Crippen molar-refractivity contribution in [1.82, 2.24) is 28.5 Å². The van der Waals surface area contributed by atoms with E-state index in [4.69, 9.17) is 4.98 Å². The molecule has 0 saturated heterocycles. The van der Waals surface area contributed by atoms with Crippen molar-refractivity contribution in [2.45, 2.75) is 0 Å². The van der Waals surface area contributed by atoms with E-state index in [9.17, 15) is 0 Å². The highest BCUT2D eigenvalue weighted by molar-refractivity contribution is 6.31. The van der Waals surface area contributed by atoms with E-state index in [1.165, 1.54) is 32.6 Å². The fourth-order valence-electron chi connectivity index (χ4n) is 7.85. The summed E-state index contributed by atoms with van der Waals surface area (Å²) in [5.74, 6) is 0. The summed E-state index contributed by atoms with van der Waals surface area (Å²) in [4.78, 5) is 14.5. The standard InChI is InChI=1S/C41H24N6/c1-3-10-25(11-4-1)45-32-15-8-7-14-27(32)29-22-30-37(23-36(29)45)46(26-12-5-2-6-13-26)34-18-17-28-31-24-42-21-19-33(31)47-35-16-9-20-43-40(35)44-41(47)39(28)38(30)34/h1-24H. The molecule has 0 aliphatic carbocycles. The van der Waals surface area contributed by atoms with Gasteiger partial charge in [0.15, 0.2) is 5.65 Å². The maximum absolute atomic E-state index is 5.21. The second-order valence-corrected chi connectivity index (χ2v) is 12.1. The first kappa shape index (κ1) is 24.8. The number of pyridine rings is 3. The summed E-state index contributed by atoms with van der Waals surface area (Å²) >= 11 is 0. The zero-order valence-electron chi connectivity index (χ0n) is 25.0. The van der Waals surface area contributed by atoms with Crippen molar-refractivity contribution < 1.29 is 0 Å². The van der Waals surface area contributed by atoms with E-state index < -0.39 is 0 Å². The Morgan fingerprint density at radius 2 is 1.15 bits per heavy atom. The van der Waals surface area contributed by atoms with E-state index in [-0.39, 0.29) is 0 Å². The quantitative estimate of drug-likeness (QED) is 0.186. The number of fused-ring (bicyclic) bond motifs is 15. The van der Waals surface area contributed by atoms with Gasteiger partial charge >= 0.3 is 0 Å². The summed E-state index contributed by atoms with van der Waals surface area (Å²) in [5.41, 5.74) is 10.6. The Kier molecular flexibility index (Phi) is 4.75. The molecular formula is C41H24N6. The molecule has 0 bridgehead atoms. The predicted molar refractivity (Wildman–Crippen MR) is 192 cm³/mol. The predicted octanol–water partition coefficient (Wildman–Crippen LogP) is 9.78. The minimum Gasteiger partial charge on any atom is -0.309 e. The second kappa shape index (κ2) is 9.02. The molecule has 0 N–H and O–H groups in total. The van der Waals surface area contributed by atoms with Crippen molar-refractivity contribution >= 4 is 82.1 Å². The molecule has 0 radical (unpaired) electrons. The average Bonchev–Trinajstić information content (AvgIpc) is 3.79. The zero-order chi connectivity index (χ0) is 30.6. The molecule has 11 aromatic rings. The Morgan fingerprint density at radius 1 is 0.426 bits per heavy atom. The molecule has 0 aliphatic heterocycles. The highest BCUT2D eigenvalue weighted by Crippen LogP contribution is 2.44. The summed E-state index contributed by atoms with van der Waals surface area (Å²) in [5, 5.41) is 8.12. The maximum atomic E-state index is 5.21. The average molecular weight is 601 g/mol. The van der Waals surface area contributed by atoms with Crippen LogP contribution in [0.3, 0.4) is 0 Å². The molecule has 6 nitrogen and oxygen atoms in total. The number of aromatic nitrogens is 6. The fourth-order valence-corrected chi connectivity index (χ4v) is 7.85. The molecule has 11 rings (SSSR count). The lowest BCUT2D eigenvalue weighted by Crippen LogP contribution is -1.96. The van der Waals surface area contributed by atoms with Crippen molar-refractivity contribution in [3.8, 4) is 11.4 Å². The minimum atomic E-state index is 0.732. The lowest BCUT2D eigenvalue weighted by atomic mass is 10.0. The van der Waals surface area contributed by atoms with Gasteiger partial charge in [0.05, 0.1) is 33.1 Å². The number of para-hydroxylation sites is 3. The first-order valence-electron chi connectivity index (χ1n) is 15.8. The molecule has 0 amide bonds. The van der Waals surface area contributed by atoms with Gasteiger partial charge in [0.2, 0.25) is 0 Å². The van der Waals surface area contributed by atoms with Crippen LogP contribution in [0.5, 0.6) is 0 Å². The van der Waals surface area contributed by atoms with Crippen LogP contribution in [0, 0.1) is 0 Å². The normalized spacial score (nSPS) is 12.3. The van der Waals surface area contributed by atoms with Gasteiger partial charge in [0.1, 0.15) is 5.65 Å². The Morgan fingerprint density at radius 3 is 1.98 bits per heavy atom. The van der Waals surface area contributed by atoms with Crippen molar-refractivity contribution in [3.63, 3.8) is 0 Å². The molecule has 47 heavy (non-hydrogen) atoms. The van der Waals surface area contributed by atoms with Crippen LogP contribution in [0.15, 0.2) is 146 Å². The van der Waals surface area contributed by atoms with E-state index in [1.54, 1.807) is 0 Å². The second-order valence-electron chi connectivity index (χ2n) is 12.1. The van der Waals surface area contributed by atoms with E-state index in [1.807, 2.05) is 24.7 Å². The molecule has 0 spiro atoms. The third-order valence-electron chi connectivity index (χ3n) is 9.74. The summed E-state index contributed by atoms with van der Waals surface area (Å²) in [6, 6.07) is 45.5. The molecule has 0 atom stereocenters. The molecule has 6 heteroatoms. The molecule has 6 aromatic heterocycles. The molecule has 6 heterocycles. The Hall–Kier alpha value is -6.53. The number of rotatable bonds is 2. The monoisotopic (exact) mass is 600 g/mol. The summed E-state index contributed by atoms with van der Waals surface area (Å²) in [6.45, 7) is 0. The Labute approximate surface area is 267 Å². The van der Waals surface area contributed by atoms with Gasteiger partial charge in [-0.05, 0) is 72.1 Å². The van der Waals surface area contributed by atoms with Crippen LogP contribution in [-0.2, 0) is 0 Å². The number of hydrogen-bond acceptors (Lipinski definition) is 3. The largest absolute Gasteiger partial charge is 0.309 e. The maximum Gasteiger partial charge on any atom is 0.178 e. The van der Waals surface area contributed by atoms with Gasteiger partial charge in [-0.15, -0.1) is 0 Å². The highest BCUT2D eigenvalue weighted by Gasteiger charge is 2.23. The number of imidazole rings is 1. The van der Waals surface area contributed by atoms with Gasteiger partial charge in [-0.2, -0.15) is 0 Å². The highest BCUT2D eigenvalue weighted by atomic mass is 15.1. The summed E-state index contributed by atoms with van der Waals surface area (Å²) < 4.78 is 7.05. The van der Waals surface area contributed by atoms with Crippen LogP contribution in [0.2, 0.25) is 0 Å². The van der Waals surface area contributed by atoms with Gasteiger partial charge in [0.25, 0.3) is 0 Å². The van der Waals surface area contributed by atoms with Crippen LogP contribution in [0.25, 0.3) is 93.5 Å².